The van der Waals surface area contributed by atoms with Gasteiger partial charge in [-0.25, -0.2) is 0 Å². The highest BCUT2D eigenvalue weighted by atomic mass is 32.1. The lowest BCUT2D eigenvalue weighted by Gasteiger charge is -2.23. The van der Waals surface area contributed by atoms with E-state index in [9.17, 15) is 10.1 Å². The van der Waals surface area contributed by atoms with E-state index < -0.39 is 0 Å². The molecule has 0 aliphatic rings. The zero-order valence-corrected chi connectivity index (χ0v) is 13.3. The molecule has 1 heterocycles. The Bertz CT molecular complexity index is 516. The van der Waals surface area contributed by atoms with Crippen LogP contribution in [0.25, 0.3) is 0 Å². The number of nitriles is 1. The number of nitrogens with zero attached hydrogens (tertiary/aromatic N) is 2. The Morgan fingerprint density at radius 2 is 2.15 bits per heavy atom. The Balaban J connectivity index is 3.23. The SMILES string of the molecule is CCNC(=O)c1sc(N(CC)CC(C)C)c(C#N)c1N. The molecule has 0 spiro atoms. The normalized spacial score (nSPS) is 10.4. The molecule has 0 unspecified atom stereocenters. The topological polar surface area (TPSA) is 82.2 Å². The molecule has 110 valence electrons. The second-order valence-corrected chi connectivity index (χ2v) is 5.93. The monoisotopic (exact) mass is 294 g/mol. The number of nitrogens with one attached hydrogen (secondary N) is 1. The number of hydrogen-bond acceptors (Lipinski definition) is 5. The largest absolute Gasteiger partial charge is 0.396 e. The molecule has 0 saturated heterocycles. The summed E-state index contributed by atoms with van der Waals surface area (Å²) in [4.78, 5) is 14.5. The summed E-state index contributed by atoms with van der Waals surface area (Å²) in [5.41, 5.74) is 6.68. The van der Waals surface area contributed by atoms with E-state index >= 15 is 0 Å². The second kappa shape index (κ2) is 7.15. The van der Waals surface area contributed by atoms with Crippen LogP contribution in [0.3, 0.4) is 0 Å². The molecule has 0 saturated carbocycles. The molecule has 1 amide bonds. The third kappa shape index (κ3) is 3.42. The molecule has 0 atom stereocenters. The van der Waals surface area contributed by atoms with Crippen molar-refractivity contribution in [2.75, 3.05) is 30.3 Å². The second-order valence-electron chi connectivity index (χ2n) is 4.93. The Morgan fingerprint density at radius 3 is 2.60 bits per heavy atom. The van der Waals surface area contributed by atoms with Gasteiger partial charge in [-0.05, 0) is 19.8 Å². The van der Waals surface area contributed by atoms with Crippen molar-refractivity contribution in [1.82, 2.24) is 5.32 Å². The minimum atomic E-state index is -0.210. The van der Waals surface area contributed by atoms with Crippen LogP contribution in [0.2, 0.25) is 0 Å². The van der Waals surface area contributed by atoms with Crippen LogP contribution in [0.4, 0.5) is 10.7 Å². The van der Waals surface area contributed by atoms with Crippen molar-refractivity contribution in [3.05, 3.63) is 10.4 Å². The van der Waals surface area contributed by atoms with Crippen LogP contribution in [0, 0.1) is 17.2 Å². The molecule has 0 aliphatic heterocycles. The molecule has 20 heavy (non-hydrogen) atoms. The van der Waals surface area contributed by atoms with Crippen molar-refractivity contribution in [3.8, 4) is 6.07 Å². The van der Waals surface area contributed by atoms with Gasteiger partial charge < -0.3 is 16.0 Å². The summed E-state index contributed by atoms with van der Waals surface area (Å²) < 4.78 is 0. The molecule has 0 radical (unpaired) electrons. The first-order valence-corrected chi connectivity index (χ1v) is 7.63. The summed E-state index contributed by atoms with van der Waals surface area (Å²) in [5.74, 6) is 0.260. The molecule has 0 aliphatic carbocycles. The number of nitrogens with two attached hydrogens (primary N) is 1. The molecule has 0 aromatic carbocycles. The summed E-state index contributed by atoms with van der Waals surface area (Å²) in [5, 5.41) is 12.8. The highest BCUT2D eigenvalue weighted by molar-refractivity contribution is 7.19. The van der Waals surface area contributed by atoms with Crippen LogP contribution in [0.1, 0.15) is 42.9 Å². The number of nitrogen functional groups attached to an aromatic ring is 1. The molecule has 1 aromatic rings. The highest BCUT2D eigenvalue weighted by Gasteiger charge is 2.23. The van der Waals surface area contributed by atoms with Crippen LogP contribution in [0.5, 0.6) is 0 Å². The summed E-state index contributed by atoms with van der Waals surface area (Å²) in [6.07, 6.45) is 0. The van der Waals surface area contributed by atoms with Crippen LogP contribution in [0.15, 0.2) is 0 Å². The summed E-state index contributed by atoms with van der Waals surface area (Å²) in [6.45, 7) is 10.3. The number of amides is 1. The van der Waals surface area contributed by atoms with Crippen molar-refractivity contribution in [2.24, 2.45) is 5.92 Å². The van der Waals surface area contributed by atoms with E-state index in [4.69, 9.17) is 5.73 Å². The van der Waals surface area contributed by atoms with E-state index in [1.807, 2.05) is 13.8 Å². The van der Waals surface area contributed by atoms with Gasteiger partial charge in [-0.2, -0.15) is 5.26 Å². The van der Waals surface area contributed by atoms with E-state index in [0.717, 1.165) is 18.1 Å². The van der Waals surface area contributed by atoms with Crippen molar-refractivity contribution in [3.63, 3.8) is 0 Å². The van der Waals surface area contributed by atoms with E-state index in [2.05, 4.69) is 30.1 Å². The number of carbonyl (C=O) groups is 1. The Kier molecular flexibility index (Phi) is 5.83. The van der Waals surface area contributed by atoms with Gasteiger partial charge in [0.1, 0.15) is 21.5 Å². The number of anilines is 2. The number of rotatable bonds is 6. The smallest absolute Gasteiger partial charge is 0.263 e. The predicted octanol–water partition coefficient (Wildman–Crippen LogP) is 2.43. The Morgan fingerprint density at radius 1 is 1.50 bits per heavy atom. The fourth-order valence-corrected chi connectivity index (χ4v) is 3.13. The number of carbonyl (C=O) groups excluding carboxylic acids is 1. The van der Waals surface area contributed by atoms with Gasteiger partial charge in [0.15, 0.2) is 0 Å². The fraction of sp³-hybridized carbons (Fsp3) is 0.571. The molecule has 3 N–H and O–H groups in total. The van der Waals surface area contributed by atoms with E-state index in [-0.39, 0.29) is 5.91 Å². The predicted molar refractivity (Wildman–Crippen MR) is 84.2 cm³/mol. The van der Waals surface area contributed by atoms with Crippen LogP contribution in [-0.4, -0.2) is 25.5 Å². The fourth-order valence-electron chi connectivity index (χ4n) is 1.97. The average Bonchev–Trinajstić information content (AvgIpc) is 2.73. The molecule has 0 fully saturated rings. The number of thiophene rings is 1. The quantitative estimate of drug-likeness (QED) is 0.844. The molecule has 0 bridgehead atoms. The minimum Gasteiger partial charge on any atom is -0.396 e. The lowest BCUT2D eigenvalue weighted by Crippen LogP contribution is -2.27. The zero-order chi connectivity index (χ0) is 15.3. The first-order chi connectivity index (χ1) is 9.46. The van der Waals surface area contributed by atoms with E-state index in [0.29, 0.717) is 28.6 Å². The Labute approximate surface area is 124 Å². The maximum absolute atomic E-state index is 12.0. The molecule has 1 rings (SSSR count). The lowest BCUT2D eigenvalue weighted by molar-refractivity contribution is 0.0960. The lowest BCUT2D eigenvalue weighted by atomic mass is 10.2. The van der Waals surface area contributed by atoms with Gasteiger partial charge in [0.2, 0.25) is 0 Å². The molecule has 6 heteroatoms. The van der Waals surface area contributed by atoms with Crippen molar-refractivity contribution in [2.45, 2.75) is 27.7 Å². The van der Waals surface area contributed by atoms with Gasteiger partial charge in [0, 0.05) is 19.6 Å². The third-order valence-electron chi connectivity index (χ3n) is 2.84. The van der Waals surface area contributed by atoms with Gasteiger partial charge in [-0.3, -0.25) is 4.79 Å². The number of hydrogen-bond donors (Lipinski definition) is 2. The van der Waals surface area contributed by atoms with Crippen LogP contribution < -0.4 is 16.0 Å². The van der Waals surface area contributed by atoms with Gasteiger partial charge in [0.25, 0.3) is 5.91 Å². The molecular formula is C14H22N4OS. The minimum absolute atomic E-state index is 0.210. The maximum atomic E-state index is 12.0. The Hall–Kier alpha value is -1.74. The summed E-state index contributed by atoms with van der Waals surface area (Å²) in [7, 11) is 0. The highest BCUT2D eigenvalue weighted by Crippen LogP contribution is 2.38. The first-order valence-electron chi connectivity index (χ1n) is 6.81. The first kappa shape index (κ1) is 16.3. The van der Waals surface area contributed by atoms with Crippen molar-refractivity contribution in [1.29, 1.82) is 5.26 Å². The molecular weight excluding hydrogens is 272 g/mol. The van der Waals surface area contributed by atoms with E-state index in [1.165, 1.54) is 11.3 Å². The molecule has 5 nitrogen and oxygen atoms in total. The van der Waals surface area contributed by atoms with Gasteiger partial charge in [0.05, 0.1) is 5.69 Å². The zero-order valence-electron chi connectivity index (χ0n) is 12.5. The van der Waals surface area contributed by atoms with Gasteiger partial charge in [-0.15, -0.1) is 11.3 Å². The maximum Gasteiger partial charge on any atom is 0.263 e. The van der Waals surface area contributed by atoms with Gasteiger partial charge in [-0.1, -0.05) is 13.8 Å². The van der Waals surface area contributed by atoms with Crippen LogP contribution >= 0.6 is 11.3 Å². The molecule has 1 aromatic heterocycles. The van der Waals surface area contributed by atoms with Crippen LogP contribution in [-0.2, 0) is 0 Å². The third-order valence-corrected chi connectivity index (χ3v) is 4.10. The summed E-state index contributed by atoms with van der Waals surface area (Å²) in [6, 6.07) is 2.13. The van der Waals surface area contributed by atoms with Gasteiger partial charge >= 0.3 is 0 Å². The van der Waals surface area contributed by atoms with Crippen molar-refractivity contribution >= 4 is 27.9 Å². The summed E-state index contributed by atoms with van der Waals surface area (Å²) >= 11 is 1.30. The average molecular weight is 294 g/mol. The standard InChI is InChI=1S/C14H22N4OS/c1-5-17-13(19)12-11(16)10(7-15)14(20-12)18(6-2)8-9(3)4/h9H,5-6,8,16H2,1-4H3,(H,17,19). The van der Waals surface area contributed by atoms with E-state index in [1.54, 1.807) is 0 Å². The van der Waals surface area contributed by atoms with Crippen molar-refractivity contribution < 1.29 is 4.79 Å².